The van der Waals surface area contributed by atoms with Crippen LogP contribution in [0.3, 0.4) is 0 Å². The Bertz CT molecular complexity index is 554. The van der Waals surface area contributed by atoms with Crippen LogP contribution >= 0.6 is 8.20 Å². The van der Waals surface area contributed by atoms with Crippen LogP contribution in [0.4, 0.5) is 0 Å². The van der Waals surface area contributed by atoms with Crippen LogP contribution in [-0.2, 0) is 26.2 Å². The van der Waals surface area contributed by atoms with Gasteiger partial charge in [0, 0.05) is 10.9 Å². The monoisotopic (exact) mass is 374 g/mol. The molecule has 0 amide bonds. The minimum Gasteiger partial charge on any atom is -1.00 e. The molecule has 0 saturated carbocycles. The molecule has 0 radical (unpaired) electrons. The van der Waals surface area contributed by atoms with Crippen LogP contribution in [0.2, 0.25) is 0 Å². The van der Waals surface area contributed by atoms with Crippen LogP contribution in [-0.4, -0.2) is 5.29 Å². The van der Waals surface area contributed by atoms with Crippen LogP contribution in [0, 0.1) is 0 Å². The largest absolute Gasteiger partial charge is 2.00 e. The predicted molar refractivity (Wildman–Crippen MR) is 65.1 cm³/mol. The van der Waals surface area contributed by atoms with Crippen LogP contribution < -0.4 is 24.8 Å². The number of rotatable bonds is 1. The second-order valence-electron chi connectivity index (χ2n) is 3.88. The van der Waals surface area contributed by atoms with Gasteiger partial charge in [-0.15, -0.1) is 0 Å². The van der Waals surface area contributed by atoms with Crippen molar-refractivity contribution in [3.63, 3.8) is 0 Å². The zero-order valence-corrected chi connectivity index (χ0v) is 14.9. The van der Waals surface area contributed by atoms with Gasteiger partial charge in [-0.05, 0) is 54.6 Å². The molecule has 0 atom stereocenters. The predicted octanol–water partition coefficient (Wildman–Crippen LogP) is -1.97. The first-order valence-corrected chi connectivity index (χ1v) is 5.89. The van der Waals surface area contributed by atoms with E-state index >= 15 is 0 Å². The molecule has 1 nitrogen and oxygen atoms in total. The van der Waals surface area contributed by atoms with E-state index in [1.54, 1.807) is 6.26 Å². The van der Waals surface area contributed by atoms with Crippen LogP contribution in [0.5, 0.6) is 0 Å². The summed E-state index contributed by atoms with van der Waals surface area (Å²) in [6.45, 7) is 4.34. The standard InChI is InChI=1S/C13H11OP.2ClH.Zr/c1-8-6-10(12-4-3-5-14-12)11-7-9(2)15-13(8)11;;;/h3-7H,1-2H3;2*1H;/q;;;+2/p-2. The molecule has 0 saturated heterocycles. The normalized spacial score (nSPS) is 16.7. The van der Waals surface area contributed by atoms with Gasteiger partial charge in [0.25, 0.3) is 0 Å². The molecule has 3 rings (SSSR count). The van der Waals surface area contributed by atoms with Crippen LogP contribution in [0.15, 0.2) is 51.4 Å². The number of allylic oxidation sites excluding steroid dienone is 6. The molecule has 92 valence electrons. The fraction of sp³-hybridized carbons (Fsp3) is 0.154. The van der Waals surface area contributed by atoms with Gasteiger partial charge < -0.3 is 29.2 Å². The number of halogens is 2. The topological polar surface area (TPSA) is 13.1 Å². The first kappa shape index (κ1) is 18.1. The Kier molecular flexibility index (Phi) is 7.11. The van der Waals surface area contributed by atoms with E-state index < -0.39 is 0 Å². The van der Waals surface area contributed by atoms with Gasteiger partial charge >= 0.3 is 26.2 Å². The summed E-state index contributed by atoms with van der Waals surface area (Å²) < 4.78 is 5.46. The molecule has 1 aliphatic heterocycles. The molecule has 2 heterocycles. The molecule has 0 unspecified atom stereocenters. The Balaban J connectivity index is 0.000000963. The first-order chi connectivity index (χ1) is 7.25. The Morgan fingerprint density at radius 1 is 1.06 bits per heavy atom. The third-order valence-corrected chi connectivity index (χ3v) is 4.01. The van der Waals surface area contributed by atoms with Crippen molar-refractivity contribution in [3.05, 3.63) is 52.8 Å². The fourth-order valence-electron chi connectivity index (χ4n) is 2.05. The molecule has 5 heteroatoms. The van der Waals surface area contributed by atoms with Crippen LogP contribution in [0.1, 0.15) is 19.6 Å². The van der Waals surface area contributed by atoms with E-state index in [0.29, 0.717) is 0 Å². The smallest absolute Gasteiger partial charge is 1.00 e. The molecular weight excluding hydrogens is 365 g/mol. The van der Waals surface area contributed by atoms with Crippen molar-refractivity contribution < 1.29 is 55.4 Å². The zero-order chi connectivity index (χ0) is 10.4. The first-order valence-electron chi connectivity index (χ1n) is 5.00. The molecule has 0 aromatic carbocycles. The van der Waals surface area contributed by atoms with E-state index in [9.17, 15) is 0 Å². The summed E-state index contributed by atoms with van der Waals surface area (Å²) >= 11 is 0. The summed E-state index contributed by atoms with van der Waals surface area (Å²) in [5, 5.41) is 2.86. The maximum absolute atomic E-state index is 5.46. The summed E-state index contributed by atoms with van der Waals surface area (Å²) in [5.74, 6) is 0.973. The van der Waals surface area contributed by atoms with E-state index in [1.807, 2.05) is 12.1 Å². The average Bonchev–Trinajstić information content (AvgIpc) is 2.85. The molecular formula is C13H11Cl2OPZr. The van der Waals surface area contributed by atoms with E-state index in [4.69, 9.17) is 4.42 Å². The van der Waals surface area contributed by atoms with Gasteiger partial charge in [-0.25, -0.2) is 0 Å². The molecule has 0 bridgehead atoms. The number of fused-ring (bicyclic) bond motifs is 1. The van der Waals surface area contributed by atoms with E-state index in [1.165, 1.54) is 35.5 Å². The Hall–Kier alpha value is 0.133. The van der Waals surface area contributed by atoms with Crippen molar-refractivity contribution in [1.82, 2.24) is 0 Å². The van der Waals surface area contributed by atoms with Crippen molar-refractivity contribution in [3.8, 4) is 0 Å². The number of hydrogen-bond acceptors (Lipinski definition) is 1. The summed E-state index contributed by atoms with van der Waals surface area (Å²) in [4.78, 5) is 0. The maximum atomic E-state index is 5.46. The van der Waals surface area contributed by atoms with E-state index in [0.717, 1.165) is 5.76 Å². The molecule has 18 heavy (non-hydrogen) atoms. The van der Waals surface area contributed by atoms with Gasteiger partial charge in [0.2, 0.25) is 0 Å². The summed E-state index contributed by atoms with van der Waals surface area (Å²) in [5.41, 5.74) is 3.95. The van der Waals surface area contributed by atoms with Gasteiger partial charge in [-0.2, -0.15) is 0 Å². The van der Waals surface area contributed by atoms with Crippen molar-refractivity contribution in [2.24, 2.45) is 0 Å². The molecule has 1 aromatic rings. The molecule has 1 aromatic heterocycles. The third kappa shape index (κ3) is 2.99. The quantitative estimate of drug-likeness (QED) is 0.519. The van der Waals surface area contributed by atoms with Gasteiger partial charge in [0.1, 0.15) is 5.76 Å². The van der Waals surface area contributed by atoms with Crippen molar-refractivity contribution >= 4 is 19.1 Å². The Morgan fingerprint density at radius 3 is 2.39 bits per heavy atom. The summed E-state index contributed by atoms with van der Waals surface area (Å²) in [7, 11) is 1.35. The van der Waals surface area contributed by atoms with Gasteiger partial charge in [-0.1, -0.05) is 8.20 Å². The molecule has 0 N–H and O–H groups in total. The van der Waals surface area contributed by atoms with Gasteiger partial charge in [0.15, 0.2) is 0 Å². The second kappa shape index (κ2) is 7.06. The Morgan fingerprint density at radius 2 is 1.78 bits per heavy atom. The van der Waals surface area contributed by atoms with Crippen molar-refractivity contribution in [1.29, 1.82) is 0 Å². The number of furan rings is 1. The fourth-order valence-corrected chi connectivity index (χ4v) is 3.14. The Labute approximate surface area is 140 Å². The molecule has 0 fully saturated rings. The summed E-state index contributed by atoms with van der Waals surface area (Å²) in [6, 6.07) is 3.96. The minimum atomic E-state index is 0. The SMILES string of the molecule is CC1=PC2=C(C)C=C(c3ccco3)C2=C1.[Cl-].[Cl-].[Zr+2]. The summed E-state index contributed by atoms with van der Waals surface area (Å²) in [6.07, 6.45) is 6.22. The molecule has 0 spiro atoms. The average molecular weight is 376 g/mol. The maximum Gasteiger partial charge on any atom is 2.00 e. The second-order valence-corrected chi connectivity index (χ2v) is 5.25. The van der Waals surface area contributed by atoms with Gasteiger partial charge in [0.05, 0.1) is 6.26 Å². The van der Waals surface area contributed by atoms with Crippen molar-refractivity contribution in [2.45, 2.75) is 13.8 Å². The van der Waals surface area contributed by atoms with Crippen LogP contribution in [0.25, 0.3) is 5.57 Å². The zero-order valence-electron chi connectivity index (χ0n) is 10.00. The van der Waals surface area contributed by atoms with Gasteiger partial charge in [-0.3, -0.25) is 0 Å². The van der Waals surface area contributed by atoms with Crippen molar-refractivity contribution in [2.75, 3.05) is 0 Å². The molecule has 1 aliphatic carbocycles. The van der Waals surface area contributed by atoms with E-state index in [2.05, 4.69) is 26.0 Å². The molecule has 2 aliphatic rings. The third-order valence-electron chi connectivity index (χ3n) is 2.71. The van der Waals surface area contributed by atoms with E-state index in [-0.39, 0.29) is 51.0 Å². The minimum absolute atomic E-state index is 0. The number of hydrogen-bond donors (Lipinski definition) is 0.